The SMILES string of the molecule is C[C@H]1CCC(C2CC2c2ccccc2)=N1. The van der Waals surface area contributed by atoms with Crippen molar-refractivity contribution in [1.82, 2.24) is 0 Å². The first-order valence-electron chi connectivity index (χ1n) is 5.96. The van der Waals surface area contributed by atoms with E-state index in [1.165, 1.54) is 30.5 Å². The van der Waals surface area contributed by atoms with Crippen molar-refractivity contribution in [3.8, 4) is 0 Å². The summed E-state index contributed by atoms with van der Waals surface area (Å²) in [6.07, 6.45) is 3.85. The maximum absolute atomic E-state index is 4.74. The van der Waals surface area contributed by atoms with Crippen molar-refractivity contribution < 1.29 is 0 Å². The highest BCUT2D eigenvalue weighted by Gasteiger charge is 2.42. The monoisotopic (exact) mass is 199 g/mol. The van der Waals surface area contributed by atoms with E-state index >= 15 is 0 Å². The van der Waals surface area contributed by atoms with E-state index in [9.17, 15) is 0 Å². The van der Waals surface area contributed by atoms with E-state index < -0.39 is 0 Å². The standard InChI is InChI=1S/C14H17N/c1-10-7-8-14(15-10)13-9-12(13)11-5-3-2-4-6-11/h2-6,10,12-13H,7-9H2,1H3/t10-,12?,13?/m0/s1. The Balaban J connectivity index is 1.72. The van der Waals surface area contributed by atoms with E-state index in [2.05, 4.69) is 37.3 Å². The summed E-state index contributed by atoms with van der Waals surface area (Å²) < 4.78 is 0. The summed E-state index contributed by atoms with van der Waals surface area (Å²) in [5.74, 6) is 1.55. The highest BCUT2D eigenvalue weighted by atomic mass is 14.8. The lowest BCUT2D eigenvalue weighted by Gasteiger charge is -1.99. The Morgan fingerprint density at radius 3 is 2.60 bits per heavy atom. The zero-order chi connectivity index (χ0) is 10.3. The van der Waals surface area contributed by atoms with Crippen LogP contribution in [0.25, 0.3) is 0 Å². The fourth-order valence-electron chi connectivity index (χ4n) is 2.68. The third-order valence-corrected chi connectivity index (χ3v) is 3.65. The van der Waals surface area contributed by atoms with Crippen molar-refractivity contribution in [3.05, 3.63) is 35.9 Å². The molecule has 1 aliphatic carbocycles. The first-order chi connectivity index (χ1) is 7.34. The highest BCUT2D eigenvalue weighted by molar-refractivity contribution is 5.91. The molecule has 3 rings (SSSR count). The fraction of sp³-hybridized carbons (Fsp3) is 0.500. The summed E-state index contributed by atoms with van der Waals surface area (Å²) in [5, 5.41) is 0. The van der Waals surface area contributed by atoms with Crippen LogP contribution >= 0.6 is 0 Å². The van der Waals surface area contributed by atoms with E-state index in [-0.39, 0.29) is 0 Å². The summed E-state index contributed by atoms with van der Waals surface area (Å²) in [7, 11) is 0. The van der Waals surface area contributed by atoms with Gasteiger partial charge in [-0.1, -0.05) is 30.3 Å². The lowest BCUT2D eigenvalue weighted by Crippen LogP contribution is -1.97. The van der Waals surface area contributed by atoms with Gasteiger partial charge in [-0.25, -0.2) is 0 Å². The Bertz CT molecular complexity index is 380. The smallest absolute Gasteiger partial charge is 0.0474 e. The van der Waals surface area contributed by atoms with Gasteiger partial charge in [0.1, 0.15) is 0 Å². The van der Waals surface area contributed by atoms with Gasteiger partial charge in [-0.05, 0) is 37.7 Å². The molecule has 1 aromatic carbocycles. The van der Waals surface area contributed by atoms with Gasteiger partial charge in [-0.2, -0.15) is 0 Å². The largest absolute Gasteiger partial charge is 0.291 e. The number of hydrogen-bond donors (Lipinski definition) is 0. The molecule has 15 heavy (non-hydrogen) atoms. The zero-order valence-electron chi connectivity index (χ0n) is 9.19. The van der Waals surface area contributed by atoms with Crippen LogP contribution in [0.15, 0.2) is 35.3 Å². The minimum absolute atomic E-state index is 0.581. The summed E-state index contributed by atoms with van der Waals surface area (Å²) in [5.41, 5.74) is 3.00. The minimum Gasteiger partial charge on any atom is -0.291 e. The van der Waals surface area contributed by atoms with Crippen LogP contribution in [-0.4, -0.2) is 11.8 Å². The van der Waals surface area contributed by atoms with Crippen molar-refractivity contribution in [2.75, 3.05) is 0 Å². The van der Waals surface area contributed by atoms with Gasteiger partial charge in [0.25, 0.3) is 0 Å². The maximum Gasteiger partial charge on any atom is 0.0474 e. The van der Waals surface area contributed by atoms with Gasteiger partial charge in [0.2, 0.25) is 0 Å². The average molecular weight is 199 g/mol. The van der Waals surface area contributed by atoms with E-state index in [1.54, 1.807) is 0 Å². The Morgan fingerprint density at radius 1 is 1.13 bits per heavy atom. The molecule has 1 saturated carbocycles. The molecule has 1 aromatic rings. The average Bonchev–Trinajstić information content (AvgIpc) is 2.96. The molecule has 0 amide bonds. The topological polar surface area (TPSA) is 12.4 Å². The molecule has 0 bridgehead atoms. The van der Waals surface area contributed by atoms with E-state index in [0.717, 1.165) is 11.8 Å². The van der Waals surface area contributed by atoms with Crippen molar-refractivity contribution >= 4 is 5.71 Å². The van der Waals surface area contributed by atoms with Gasteiger partial charge >= 0.3 is 0 Å². The lowest BCUT2D eigenvalue weighted by molar-refractivity contribution is 0.738. The van der Waals surface area contributed by atoms with Crippen LogP contribution in [0.2, 0.25) is 0 Å². The minimum atomic E-state index is 0.581. The van der Waals surface area contributed by atoms with Crippen LogP contribution in [0, 0.1) is 5.92 Å². The molecule has 2 unspecified atom stereocenters. The van der Waals surface area contributed by atoms with Crippen LogP contribution in [0.3, 0.4) is 0 Å². The van der Waals surface area contributed by atoms with E-state index in [4.69, 9.17) is 4.99 Å². The maximum atomic E-state index is 4.74. The first kappa shape index (κ1) is 9.14. The molecule has 0 aromatic heterocycles. The molecule has 0 spiro atoms. The Labute approximate surface area is 91.2 Å². The van der Waals surface area contributed by atoms with E-state index in [0.29, 0.717) is 6.04 Å². The number of hydrogen-bond acceptors (Lipinski definition) is 1. The molecule has 1 fully saturated rings. The number of benzene rings is 1. The molecule has 1 heterocycles. The second-order valence-electron chi connectivity index (χ2n) is 4.87. The molecule has 0 N–H and O–H groups in total. The second kappa shape index (κ2) is 3.48. The number of aliphatic imine (C=N–C) groups is 1. The number of nitrogens with zero attached hydrogens (tertiary/aromatic N) is 1. The molecule has 0 saturated heterocycles. The predicted octanol–water partition coefficient (Wildman–Crippen LogP) is 3.41. The Morgan fingerprint density at radius 2 is 1.93 bits per heavy atom. The van der Waals surface area contributed by atoms with Crippen molar-refractivity contribution in [3.63, 3.8) is 0 Å². The fourth-order valence-corrected chi connectivity index (χ4v) is 2.68. The van der Waals surface area contributed by atoms with Crippen molar-refractivity contribution in [1.29, 1.82) is 0 Å². The van der Waals surface area contributed by atoms with Crippen LogP contribution in [0.4, 0.5) is 0 Å². The molecule has 0 radical (unpaired) electrons. The van der Waals surface area contributed by atoms with Crippen molar-refractivity contribution in [2.45, 2.75) is 38.1 Å². The summed E-state index contributed by atoms with van der Waals surface area (Å²) >= 11 is 0. The molecule has 1 aliphatic heterocycles. The molecular formula is C14H17N. The number of rotatable bonds is 2. The molecule has 3 atom stereocenters. The Hall–Kier alpha value is -1.11. The van der Waals surface area contributed by atoms with Gasteiger partial charge in [-0.3, -0.25) is 4.99 Å². The second-order valence-corrected chi connectivity index (χ2v) is 4.87. The van der Waals surface area contributed by atoms with Crippen LogP contribution in [-0.2, 0) is 0 Å². The van der Waals surface area contributed by atoms with Crippen molar-refractivity contribution in [2.24, 2.45) is 10.9 Å². The van der Waals surface area contributed by atoms with Gasteiger partial charge in [0, 0.05) is 17.7 Å². The van der Waals surface area contributed by atoms with Crippen LogP contribution in [0.1, 0.15) is 37.7 Å². The Kier molecular flexibility index (Phi) is 2.12. The molecular weight excluding hydrogens is 182 g/mol. The summed E-state index contributed by atoms with van der Waals surface area (Å²) in [6, 6.07) is 11.5. The van der Waals surface area contributed by atoms with Crippen LogP contribution < -0.4 is 0 Å². The van der Waals surface area contributed by atoms with Gasteiger partial charge in [0.05, 0.1) is 0 Å². The van der Waals surface area contributed by atoms with E-state index in [1.807, 2.05) is 0 Å². The summed E-state index contributed by atoms with van der Waals surface area (Å²) in [6.45, 7) is 2.23. The van der Waals surface area contributed by atoms with Gasteiger partial charge in [-0.15, -0.1) is 0 Å². The zero-order valence-corrected chi connectivity index (χ0v) is 9.19. The molecule has 2 aliphatic rings. The quantitative estimate of drug-likeness (QED) is 0.692. The predicted molar refractivity (Wildman–Crippen MR) is 63.4 cm³/mol. The first-order valence-corrected chi connectivity index (χ1v) is 5.96. The lowest BCUT2D eigenvalue weighted by atomic mass is 10.1. The molecule has 78 valence electrons. The van der Waals surface area contributed by atoms with Gasteiger partial charge in [0.15, 0.2) is 0 Å². The summed E-state index contributed by atoms with van der Waals surface area (Å²) in [4.78, 5) is 4.74. The van der Waals surface area contributed by atoms with Gasteiger partial charge < -0.3 is 0 Å². The molecule has 1 heteroatoms. The third kappa shape index (κ3) is 1.71. The highest BCUT2D eigenvalue weighted by Crippen LogP contribution is 2.50. The van der Waals surface area contributed by atoms with Crippen LogP contribution in [0.5, 0.6) is 0 Å². The normalized spacial score (nSPS) is 33.9. The molecule has 1 nitrogen and oxygen atoms in total. The third-order valence-electron chi connectivity index (χ3n) is 3.65.